The van der Waals surface area contributed by atoms with Crippen LogP contribution in [-0.4, -0.2) is 15.2 Å². The fraction of sp³-hybridized carbons (Fsp3) is 0.0625. The number of nitrogens with one attached hydrogen (secondary N) is 2. The molecule has 2 aromatic carbocycles. The molecule has 2 N–H and O–H groups in total. The van der Waals surface area contributed by atoms with Gasteiger partial charge in [-0.1, -0.05) is 35.9 Å². The summed E-state index contributed by atoms with van der Waals surface area (Å²) >= 11 is 6.02. The van der Waals surface area contributed by atoms with Crippen molar-refractivity contribution in [3.05, 3.63) is 65.3 Å². The molecule has 0 spiro atoms. The summed E-state index contributed by atoms with van der Waals surface area (Å²) in [6, 6.07) is 15.3. The van der Waals surface area contributed by atoms with Crippen molar-refractivity contribution in [3.8, 4) is 0 Å². The van der Waals surface area contributed by atoms with Gasteiger partial charge in [0.25, 0.3) is 0 Å². The zero-order chi connectivity index (χ0) is 15.4. The number of rotatable bonds is 4. The number of benzene rings is 2. The molecule has 22 heavy (non-hydrogen) atoms. The van der Waals surface area contributed by atoms with Crippen LogP contribution in [-0.2, 0) is 0 Å². The molecule has 110 valence electrons. The largest absolute Gasteiger partial charge is 0.339 e. The van der Waals surface area contributed by atoms with Crippen LogP contribution in [0.1, 0.15) is 5.56 Å². The molecule has 1 heterocycles. The molecule has 0 saturated heterocycles. The molecule has 6 heteroatoms. The maximum atomic E-state index is 6.02. The maximum absolute atomic E-state index is 6.02. The molecule has 0 aliphatic carbocycles. The number of aromatic nitrogens is 3. The molecule has 0 saturated carbocycles. The van der Waals surface area contributed by atoms with Crippen molar-refractivity contribution in [1.82, 2.24) is 15.2 Å². The van der Waals surface area contributed by atoms with Gasteiger partial charge in [0.05, 0.1) is 6.20 Å². The minimum Gasteiger partial charge on any atom is -0.339 e. The van der Waals surface area contributed by atoms with Crippen molar-refractivity contribution in [2.75, 3.05) is 10.6 Å². The van der Waals surface area contributed by atoms with E-state index in [1.807, 2.05) is 55.5 Å². The van der Waals surface area contributed by atoms with Crippen molar-refractivity contribution >= 4 is 34.7 Å². The molecule has 0 amide bonds. The maximum Gasteiger partial charge on any atom is 0.249 e. The number of halogens is 1. The quantitative estimate of drug-likeness (QED) is 0.751. The molecule has 0 bridgehead atoms. The highest BCUT2D eigenvalue weighted by molar-refractivity contribution is 6.30. The Labute approximate surface area is 133 Å². The second-order valence-electron chi connectivity index (χ2n) is 4.74. The van der Waals surface area contributed by atoms with Gasteiger partial charge in [-0.2, -0.15) is 10.1 Å². The topological polar surface area (TPSA) is 62.7 Å². The third-order valence-electron chi connectivity index (χ3n) is 3.05. The van der Waals surface area contributed by atoms with Gasteiger partial charge in [0.2, 0.25) is 5.95 Å². The van der Waals surface area contributed by atoms with Crippen LogP contribution in [0.5, 0.6) is 0 Å². The van der Waals surface area contributed by atoms with E-state index >= 15 is 0 Å². The lowest BCUT2D eigenvalue weighted by atomic mass is 10.2. The molecule has 0 radical (unpaired) electrons. The SMILES string of the molecule is Cc1ccc(Cl)cc1Nc1cnnc(Nc2ccccc2)n1. The Morgan fingerprint density at radius 2 is 1.82 bits per heavy atom. The second-order valence-corrected chi connectivity index (χ2v) is 5.18. The van der Waals surface area contributed by atoms with E-state index in [0.29, 0.717) is 16.8 Å². The smallest absolute Gasteiger partial charge is 0.249 e. The molecule has 3 rings (SSSR count). The first-order chi connectivity index (χ1) is 10.7. The highest BCUT2D eigenvalue weighted by Gasteiger charge is 2.04. The van der Waals surface area contributed by atoms with Gasteiger partial charge in [-0.15, -0.1) is 5.10 Å². The van der Waals surface area contributed by atoms with E-state index in [0.717, 1.165) is 16.9 Å². The van der Waals surface area contributed by atoms with Gasteiger partial charge in [-0.25, -0.2) is 0 Å². The first kappa shape index (κ1) is 14.3. The predicted octanol–water partition coefficient (Wildman–Crippen LogP) is 4.32. The fourth-order valence-electron chi connectivity index (χ4n) is 1.93. The minimum atomic E-state index is 0.427. The van der Waals surface area contributed by atoms with Crippen molar-refractivity contribution in [3.63, 3.8) is 0 Å². The Bertz CT molecular complexity index is 776. The van der Waals surface area contributed by atoms with Crippen molar-refractivity contribution in [1.29, 1.82) is 0 Å². The van der Waals surface area contributed by atoms with E-state index in [9.17, 15) is 0 Å². The Balaban J connectivity index is 1.81. The summed E-state index contributed by atoms with van der Waals surface area (Å²) in [6.45, 7) is 2.00. The first-order valence-electron chi connectivity index (χ1n) is 6.76. The monoisotopic (exact) mass is 311 g/mol. The second kappa shape index (κ2) is 6.41. The number of para-hydroxylation sites is 1. The van der Waals surface area contributed by atoms with E-state index in [1.54, 1.807) is 6.20 Å². The van der Waals surface area contributed by atoms with E-state index in [1.165, 1.54) is 0 Å². The highest BCUT2D eigenvalue weighted by Crippen LogP contribution is 2.23. The Kier molecular flexibility index (Phi) is 4.16. The van der Waals surface area contributed by atoms with Gasteiger partial charge in [0, 0.05) is 16.4 Å². The standard InChI is InChI=1S/C16H14ClN5/c1-11-7-8-12(17)9-14(11)20-15-10-18-22-16(21-15)19-13-5-3-2-4-6-13/h2-10H,1H3,(H2,19,20,21,22). The van der Waals surface area contributed by atoms with Gasteiger partial charge >= 0.3 is 0 Å². The third kappa shape index (κ3) is 3.51. The first-order valence-corrected chi connectivity index (χ1v) is 7.13. The number of hydrogen-bond acceptors (Lipinski definition) is 5. The highest BCUT2D eigenvalue weighted by atomic mass is 35.5. The molecule has 1 aromatic heterocycles. The molecule has 5 nitrogen and oxygen atoms in total. The number of hydrogen-bond donors (Lipinski definition) is 2. The van der Waals surface area contributed by atoms with Gasteiger partial charge in [-0.3, -0.25) is 0 Å². The normalized spacial score (nSPS) is 10.3. The zero-order valence-electron chi connectivity index (χ0n) is 11.9. The molecule has 0 aliphatic heterocycles. The summed E-state index contributed by atoms with van der Waals surface area (Å²) in [6.07, 6.45) is 1.57. The Morgan fingerprint density at radius 1 is 1.00 bits per heavy atom. The van der Waals surface area contributed by atoms with Gasteiger partial charge in [0.15, 0.2) is 5.82 Å². The summed E-state index contributed by atoms with van der Waals surface area (Å²) < 4.78 is 0. The van der Waals surface area contributed by atoms with Crippen molar-refractivity contribution < 1.29 is 0 Å². The van der Waals surface area contributed by atoms with Crippen LogP contribution in [0.2, 0.25) is 5.02 Å². The molecule has 3 aromatic rings. The van der Waals surface area contributed by atoms with E-state index in [4.69, 9.17) is 11.6 Å². The van der Waals surface area contributed by atoms with Crippen LogP contribution in [0.15, 0.2) is 54.7 Å². The summed E-state index contributed by atoms with van der Waals surface area (Å²) in [5, 5.41) is 14.9. The number of aryl methyl sites for hydroxylation is 1. The van der Waals surface area contributed by atoms with Crippen molar-refractivity contribution in [2.45, 2.75) is 6.92 Å². The van der Waals surface area contributed by atoms with Gasteiger partial charge in [-0.05, 0) is 36.8 Å². The molecular formula is C16H14ClN5. The van der Waals surface area contributed by atoms with Crippen LogP contribution in [0.4, 0.5) is 23.1 Å². The average molecular weight is 312 g/mol. The summed E-state index contributed by atoms with van der Waals surface area (Å²) in [7, 11) is 0. The molecule has 0 aliphatic rings. The fourth-order valence-corrected chi connectivity index (χ4v) is 2.11. The van der Waals surface area contributed by atoms with Crippen LogP contribution in [0.3, 0.4) is 0 Å². The van der Waals surface area contributed by atoms with E-state index < -0.39 is 0 Å². The lowest BCUT2D eigenvalue weighted by molar-refractivity contribution is 0.982. The average Bonchev–Trinajstić information content (AvgIpc) is 2.52. The van der Waals surface area contributed by atoms with Gasteiger partial charge in [0.1, 0.15) is 0 Å². The Morgan fingerprint density at radius 3 is 2.64 bits per heavy atom. The van der Waals surface area contributed by atoms with Crippen LogP contribution >= 0.6 is 11.6 Å². The van der Waals surface area contributed by atoms with Crippen molar-refractivity contribution in [2.24, 2.45) is 0 Å². The third-order valence-corrected chi connectivity index (χ3v) is 3.29. The van der Waals surface area contributed by atoms with E-state index in [2.05, 4.69) is 25.8 Å². The number of anilines is 4. The lowest BCUT2D eigenvalue weighted by Crippen LogP contribution is -2.02. The lowest BCUT2D eigenvalue weighted by Gasteiger charge is -2.10. The predicted molar refractivity (Wildman–Crippen MR) is 89.0 cm³/mol. The van der Waals surface area contributed by atoms with Crippen LogP contribution in [0.25, 0.3) is 0 Å². The molecule has 0 fully saturated rings. The molecule has 0 unspecified atom stereocenters. The zero-order valence-corrected chi connectivity index (χ0v) is 12.7. The van der Waals surface area contributed by atoms with Crippen LogP contribution < -0.4 is 10.6 Å². The minimum absolute atomic E-state index is 0.427. The summed E-state index contributed by atoms with van der Waals surface area (Å²) in [5.74, 6) is 1.02. The summed E-state index contributed by atoms with van der Waals surface area (Å²) in [5.41, 5.74) is 2.86. The number of nitrogens with zero attached hydrogens (tertiary/aromatic N) is 3. The van der Waals surface area contributed by atoms with E-state index in [-0.39, 0.29) is 0 Å². The molecule has 0 atom stereocenters. The van der Waals surface area contributed by atoms with Gasteiger partial charge < -0.3 is 10.6 Å². The molecular weight excluding hydrogens is 298 g/mol. The van der Waals surface area contributed by atoms with Crippen LogP contribution in [0, 0.1) is 6.92 Å². The Hall–Kier alpha value is -2.66. The summed E-state index contributed by atoms with van der Waals surface area (Å²) in [4.78, 5) is 4.40.